The largest absolute Gasteiger partial charge is 0.398 e. The SMILES string of the molecule is Cc1ccc(N)c(SCC2CC3CCC2C3)c1. The van der Waals surface area contributed by atoms with Gasteiger partial charge in [-0.25, -0.2) is 0 Å². The molecule has 0 heterocycles. The van der Waals surface area contributed by atoms with Gasteiger partial charge in [-0.05, 0) is 61.6 Å². The van der Waals surface area contributed by atoms with Crippen LogP contribution in [-0.2, 0) is 0 Å². The van der Waals surface area contributed by atoms with Gasteiger partial charge in [0, 0.05) is 16.3 Å². The molecular formula is C15H21NS. The molecule has 3 rings (SSSR count). The normalized spacial score (nSPS) is 31.0. The molecule has 1 aromatic rings. The molecule has 0 saturated heterocycles. The summed E-state index contributed by atoms with van der Waals surface area (Å²) in [7, 11) is 0. The zero-order chi connectivity index (χ0) is 11.8. The van der Waals surface area contributed by atoms with Crippen LogP contribution in [0.2, 0.25) is 0 Å². The molecule has 0 amide bonds. The third-order valence-electron chi connectivity index (χ3n) is 4.51. The number of fused-ring (bicyclic) bond motifs is 2. The van der Waals surface area contributed by atoms with Gasteiger partial charge in [-0.2, -0.15) is 0 Å². The second-order valence-corrected chi connectivity index (χ2v) is 6.85. The van der Waals surface area contributed by atoms with Crippen LogP contribution in [0.15, 0.2) is 23.1 Å². The Kier molecular flexibility index (Phi) is 3.08. The van der Waals surface area contributed by atoms with Gasteiger partial charge in [-0.15, -0.1) is 11.8 Å². The average molecular weight is 247 g/mol. The van der Waals surface area contributed by atoms with Crippen LogP contribution in [0.3, 0.4) is 0 Å². The van der Waals surface area contributed by atoms with Crippen LogP contribution in [0.5, 0.6) is 0 Å². The predicted molar refractivity (Wildman–Crippen MR) is 75.3 cm³/mol. The first-order valence-corrected chi connectivity index (χ1v) is 7.70. The van der Waals surface area contributed by atoms with E-state index in [0.717, 1.165) is 23.4 Å². The highest BCUT2D eigenvalue weighted by Gasteiger charge is 2.39. The Morgan fingerprint density at radius 2 is 2.18 bits per heavy atom. The maximum atomic E-state index is 6.03. The molecule has 3 unspecified atom stereocenters. The Labute approximate surface area is 108 Å². The summed E-state index contributed by atoms with van der Waals surface area (Å²) in [6.45, 7) is 2.14. The number of benzene rings is 1. The lowest BCUT2D eigenvalue weighted by Crippen LogP contribution is -2.12. The van der Waals surface area contributed by atoms with Crippen LogP contribution in [0.4, 0.5) is 5.69 Å². The molecule has 2 heteroatoms. The van der Waals surface area contributed by atoms with Crippen LogP contribution in [0, 0.1) is 24.7 Å². The Morgan fingerprint density at radius 3 is 2.88 bits per heavy atom. The van der Waals surface area contributed by atoms with Crippen molar-refractivity contribution < 1.29 is 0 Å². The highest BCUT2D eigenvalue weighted by Crippen LogP contribution is 2.49. The van der Waals surface area contributed by atoms with E-state index < -0.39 is 0 Å². The van der Waals surface area contributed by atoms with Gasteiger partial charge < -0.3 is 5.73 Å². The Bertz CT molecular complexity index is 415. The molecule has 92 valence electrons. The van der Waals surface area contributed by atoms with Crippen molar-refractivity contribution in [3.8, 4) is 0 Å². The van der Waals surface area contributed by atoms with Crippen LogP contribution >= 0.6 is 11.8 Å². The molecule has 2 bridgehead atoms. The molecule has 0 aromatic heterocycles. The van der Waals surface area contributed by atoms with Gasteiger partial charge in [0.15, 0.2) is 0 Å². The van der Waals surface area contributed by atoms with Gasteiger partial charge in [-0.3, -0.25) is 0 Å². The maximum absolute atomic E-state index is 6.03. The molecule has 17 heavy (non-hydrogen) atoms. The maximum Gasteiger partial charge on any atom is 0.0452 e. The molecule has 0 aliphatic heterocycles. The Balaban J connectivity index is 1.62. The molecular weight excluding hydrogens is 226 g/mol. The van der Waals surface area contributed by atoms with E-state index in [9.17, 15) is 0 Å². The molecule has 1 aromatic carbocycles. The van der Waals surface area contributed by atoms with E-state index in [1.165, 1.54) is 41.9 Å². The van der Waals surface area contributed by atoms with Gasteiger partial charge >= 0.3 is 0 Å². The first kappa shape index (κ1) is 11.5. The van der Waals surface area contributed by atoms with Gasteiger partial charge in [0.1, 0.15) is 0 Å². The third-order valence-corrected chi connectivity index (χ3v) is 5.77. The van der Waals surface area contributed by atoms with Gasteiger partial charge in [0.2, 0.25) is 0 Å². The topological polar surface area (TPSA) is 26.0 Å². The van der Waals surface area contributed by atoms with Crippen LogP contribution in [-0.4, -0.2) is 5.75 Å². The summed E-state index contributed by atoms with van der Waals surface area (Å²) in [4.78, 5) is 1.28. The van der Waals surface area contributed by atoms with Crippen LogP contribution < -0.4 is 5.73 Å². The first-order valence-electron chi connectivity index (χ1n) is 6.71. The zero-order valence-corrected chi connectivity index (χ0v) is 11.3. The number of hydrogen-bond donors (Lipinski definition) is 1. The highest BCUT2D eigenvalue weighted by molar-refractivity contribution is 7.99. The molecule has 2 aliphatic rings. The lowest BCUT2D eigenvalue weighted by molar-refractivity contribution is 0.365. The van der Waals surface area contributed by atoms with Crippen molar-refractivity contribution in [3.63, 3.8) is 0 Å². The van der Waals surface area contributed by atoms with Gasteiger partial charge in [-0.1, -0.05) is 12.5 Å². The number of thioether (sulfide) groups is 1. The fourth-order valence-electron chi connectivity index (χ4n) is 3.54. The Morgan fingerprint density at radius 1 is 1.29 bits per heavy atom. The zero-order valence-electron chi connectivity index (χ0n) is 10.5. The van der Waals surface area contributed by atoms with E-state index in [-0.39, 0.29) is 0 Å². The molecule has 3 atom stereocenters. The third kappa shape index (κ3) is 2.33. The second-order valence-electron chi connectivity index (χ2n) is 5.79. The van der Waals surface area contributed by atoms with Gasteiger partial charge in [0.05, 0.1) is 0 Å². The van der Waals surface area contributed by atoms with Crippen molar-refractivity contribution in [1.82, 2.24) is 0 Å². The summed E-state index contributed by atoms with van der Waals surface area (Å²) in [5.74, 6) is 4.31. The monoisotopic (exact) mass is 247 g/mol. The van der Waals surface area contributed by atoms with E-state index in [1.807, 2.05) is 17.8 Å². The number of nitrogen functional groups attached to an aromatic ring is 1. The number of anilines is 1. The summed E-state index contributed by atoms with van der Waals surface area (Å²) in [5, 5.41) is 0. The van der Waals surface area contributed by atoms with Crippen molar-refractivity contribution in [2.45, 2.75) is 37.5 Å². The van der Waals surface area contributed by atoms with Crippen molar-refractivity contribution in [3.05, 3.63) is 23.8 Å². The van der Waals surface area contributed by atoms with Crippen molar-refractivity contribution in [2.75, 3.05) is 11.5 Å². The summed E-state index contributed by atoms with van der Waals surface area (Å²) in [6, 6.07) is 6.36. The number of hydrogen-bond acceptors (Lipinski definition) is 2. The molecule has 2 fully saturated rings. The van der Waals surface area contributed by atoms with Crippen LogP contribution in [0.25, 0.3) is 0 Å². The second kappa shape index (κ2) is 4.56. The van der Waals surface area contributed by atoms with E-state index >= 15 is 0 Å². The van der Waals surface area contributed by atoms with Gasteiger partial charge in [0.25, 0.3) is 0 Å². The minimum absolute atomic E-state index is 0.948. The molecule has 2 saturated carbocycles. The number of nitrogens with two attached hydrogens (primary N) is 1. The summed E-state index contributed by atoms with van der Waals surface area (Å²) in [5.41, 5.74) is 8.29. The fourth-order valence-corrected chi connectivity index (χ4v) is 4.85. The quantitative estimate of drug-likeness (QED) is 0.642. The lowest BCUT2D eigenvalue weighted by Gasteiger charge is -2.21. The van der Waals surface area contributed by atoms with Crippen molar-refractivity contribution in [1.29, 1.82) is 0 Å². The molecule has 2 aliphatic carbocycles. The smallest absolute Gasteiger partial charge is 0.0452 e. The fraction of sp³-hybridized carbons (Fsp3) is 0.600. The minimum Gasteiger partial charge on any atom is -0.398 e. The lowest BCUT2D eigenvalue weighted by atomic mass is 9.90. The molecule has 0 spiro atoms. The van der Waals surface area contributed by atoms with E-state index in [0.29, 0.717) is 0 Å². The summed E-state index contributed by atoms with van der Waals surface area (Å²) < 4.78 is 0. The molecule has 1 nitrogen and oxygen atoms in total. The van der Waals surface area contributed by atoms with E-state index in [1.54, 1.807) is 0 Å². The molecule has 0 radical (unpaired) electrons. The van der Waals surface area contributed by atoms with E-state index in [4.69, 9.17) is 5.73 Å². The Hall–Kier alpha value is -0.630. The van der Waals surface area contributed by atoms with E-state index in [2.05, 4.69) is 19.1 Å². The van der Waals surface area contributed by atoms with Crippen LogP contribution in [0.1, 0.15) is 31.2 Å². The summed E-state index contributed by atoms with van der Waals surface area (Å²) >= 11 is 1.97. The summed E-state index contributed by atoms with van der Waals surface area (Å²) in [6.07, 6.45) is 5.97. The number of aryl methyl sites for hydroxylation is 1. The molecule has 2 N–H and O–H groups in total. The highest BCUT2D eigenvalue weighted by atomic mass is 32.2. The van der Waals surface area contributed by atoms with Crippen molar-refractivity contribution in [2.24, 2.45) is 17.8 Å². The van der Waals surface area contributed by atoms with Crippen molar-refractivity contribution >= 4 is 17.4 Å². The first-order chi connectivity index (χ1) is 8.22. The number of rotatable bonds is 3. The standard InChI is InChI=1S/C15H21NS/c1-10-2-5-14(16)15(6-10)17-9-13-8-11-3-4-12(13)7-11/h2,5-6,11-13H,3-4,7-9,16H2,1H3. The minimum atomic E-state index is 0.948. The predicted octanol–water partition coefficient (Wildman–Crippen LogP) is 4.11. The average Bonchev–Trinajstić information content (AvgIpc) is 2.92.